The Morgan fingerprint density at radius 1 is 1.26 bits per heavy atom. The highest BCUT2D eigenvalue weighted by atomic mass is 16.6. The molecular weight excluding hydrogens is 348 g/mol. The van der Waals surface area contributed by atoms with Crippen molar-refractivity contribution in [1.82, 2.24) is 5.32 Å². The van der Waals surface area contributed by atoms with Crippen molar-refractivity contribution in [2.24, 2.45) is 0 Å². The first kappa shape index (κ1) is 19.1. The van der Waals surface area contributed by atoms with Crippen molar-refractivity contribution in [1.29, 1.82) is 0 Å². The summed E-state index contributed by atoms with van der Waals surface area (Å²) in [6, 6.07) is 12.2. The number of aryl methyl sites for hydroxylation is 1. The van der Waals surface area contributed by atoms with Crippen molar-refractivity contribution in [2.45, 2.75) is 32.0 Å². The summed E-state index contributed by atoms with van der Waals surface area (Å²) in [6.45, 7) is 2.06. The van der Waals surface area contributed by atoms with Gasteiger partial charge in [-0.25, -0.2) is 0 Å². The molecule has 1 unspecified atom stereocenters. The van der Waals surface area contributed by atoms with Gasteiger partial charge in [0.25, 0.3) is 5.69 Å². The Balaban J connectivity index is 1.55. The van der Waals surface area contributed by atoms with Crippen LogP contribution in [0.4, 0.5) is 5.69 Å². The zero-order chi connectivity index (χ0) is 19.1. The quantitative estimate of drug-likeness (QED) is 0.399. The van der Waals surface area contributed by atoms with E-state index in [1.807, 2.05) is 18.2 Å². The summed E-state index contributed by atoms with van der Waals surface area (Å²) >= 11 is 0. The summed E-state index contributed by atoms with van der Waals surface area (Å²) < 4.78 is 11.9. The van der Waals surface area contributed by atoms with Crippen LogP contribution in [0.3, 0.4) is 0 Å². The highest BCUT2D eigenvalue weighted by molar-refractivity contribution is 5.42. The van der Waals surface area contributed by atoms with Gasteiger partial charge in [-0.15, -0.1) is 0 Å². The van der Waals surface area contributed by atoms with Crippen molar-refractivity contribution in [3.05, 3.63) is 63.7 Å². The molecule has 0 aromatic heterocycles. The van der Waals surface area contributed by atoms with E-state index in [1.165, 1.54) is 17.7 Å². The molecule has 0 saturated carbocycles. The van der Waals surface area contributed by atoms with Crippen LogP contribution in [0.2, 0.25) is 0 Å². The Kier molecular flexibility index (Phi) is 6.62. The molecule has 1 heterocycles. The summed E-state index contributed by atoms with van der Waals surface area (Å²) in [5, 5.41) is 22.8. The number of nitrogens with one attached hydrogen (secondary N) is 1. The zero-order valence-electron chi connectivity index (χ0n) is 15.1. The number of nitro groups is 1. The molecule has 0 bridgehead atoms. The number of nitro benzene ring substituents is 1. The Labute approximate surface area is 158 Å². The maximum Gasteiger partial charge on any atom is 0.269 e. The highest BCUT2D eigenvalue weighted by Crippen LogP contribution is 2.31. The molecule has 27 heavy (non-hydrogen) atoms. The number of non-ortho nitro benzene ring substituents is 1. The minimum Gasteiger partial charge on any atom is -0.489 e. The lowest BCUT2D eigenvalue weighted by Gasteiger charge is -2.26. The third kappa shape index (κ3) is 5.42. The lowest BCUT2D eigenvalue weighted by atomic mass is 10.0. The average molecular weight is 372 g/mol. The van der Waals surface area contributed by atoms with Gasteiger partial charge < -0.3 is 19.9 Å². The van der Waals surface area contributed by atoms with Gasteiger partial charge in [-0.1, -0.05) is 6.07 Å². The van der Waals surface area contributed by atoms with Crippen LogP contribution in [-0.4, -0.2) is 35.8 Å². The van der Waals surface area contributed by atoms with Crippen LogP contribution in [0.25, 0.3) is 0 Å². The molecule has 2 N–H and O–H groups in total. The second-order valence-electron chi connectivity index (χ2n) is 6.54. The van der Waals surface area contributed by atoms with Crippen LogP contribution < -0.4 is 14.8 Å². The van der Waals surface area contributed by atoms with Crippen LogP contribution in [0.1, 0.15) is 24.0 Å². The molecule has 0 radical (unpaired) electrons. The van der Waals surface area contributed by atoms with E-state index in [2.05, 4.69) is 5.32 Å². The Morgan fingerprint density at radius 2 is 2.07 bits per heavy atom. The first-order valence-corrected chi connectivity index (χ1v) is 9.13. The number of aliphatic hydroxyl groups is 1. The fraction of sp³-hybridized carbons (Fsp3) is 0.400. The van der Waals surface area contributed by atoms with E-state index in [1.54, 1.807) is 12.1 Å². The van der Waals surface area contributed by atoms with Crippen molar-refractivity contribution >= 4 is 5.69 Å². The van der Waals surface area contributed by atoms with Gasteiger partial charge in [0, 0.05) is 31.4 Å². The zero-order valence-corrected chi connectivity index (χ0v) is 15.1. The third-order valence-corrected chi connectivity index (χ3v) is 4.50. The molecule has 2 aromatic carbocycles. The summed E-state index contributed by atoms with van der Waals surface area (Å²) in [5.74, 6) is 1.55. The molecule has 3 rings (SSSR count). The first-order valence-electron chi connectivity index (χ1n) is 9.13. The fourth-order valence-electron chi connectivity index (χ4n) is 2.99. The minimum atomic E-state index is -0.416. The maximum atomic E-state index is 10.7. The number of benzene rings is 2. The maximum absolute atomic E-state index is 10.7. The Bertz CT molecular complexity index is 763. The van der Waals surface area contributed by atoms with Crippen LogP contribution >= 0.6 is 0 Å². The van der Waals surface area contributed by atoms with Gasteiger partial charge in [-0.3, -0.25) is 10.1 Å². The van der Waals surface area contributed by atoms with Gasteiger partial charge in [0.2, 0.25) is 0 Å². The summed E-state index contributed by atoms with van der Waals surface area (Å²) in [7, 11) is 0. The molecule has 1 atom stereocenters. The van der Waals surface area contributed by atoms with Gasteiger partial charge in [-0.05, 0) is 55.1 Å². The summed E-state index contributed by atoms with van der Waals surface area (Å²) in [4.78, 5) is 10.3. The molecule has 0 spiro atoms. The highest BCUT2D eigenvalue weighted by Gasteiger charge is 2.20. The monoisotopic (exact) mass is 372 g/mol. The van der Waals surface area contributed by atoms with Gasteiger partial charge in [0.1, 0.15) is 24.2 Å². The second kappa shape index (κ2) is 9.34. The largest absolute Gasteiger partial charge is 0.489 e. The van der Waals surface area contributed by atoms with E-state index in [9.17, 15) is 10.1 Å². The Hall–Kier alpha value is -2.64. The number of ether oxygens (including phenoxy) is 2. The van der Waals surface area contributed by atoms with Gasteiger partial charge >= 0.3 is 0 Å². The fourth-order valence-corrected chi connectivity index (χ4v) is 2.99. The normalized spacial score (nSPS) is 15.7. The lowest BCUT2D eigenvalue weighted by Crippen LogP contribution is -2.34. The topological polar surface area (TPSA) is 93.9 Å². The third-order valence-electron chi connectivity index (χ3n) is 4.50. The molecule has 1 aliphatic rings. The molecular formula is C20H24N2O5. The first-order chi connectivity index (χ1) is 13.2. The second-order valence-corrected chi connectivity index (χ2v) is 6.54. The molecule has 1 aliphatic heterocycles. The van der Waals surface area contributed by atoms with Crippen LogP contribution in [0, 0.1) is 10.1 Å². The van der Waals surface area contributed by atoms with Gasteiger partial charge in [-0.2, -0.15) is 0 Å². The number of nitrogens with zero attached hydrogens (tertiary/aromatic N) is 1. The smallest absolute Gasteiger partial charge is 0.269 e. The number of rotatable bonds is 9. The molecule has 144 valence electrons. The minimum absolute atomic E-state index is 0.0690. The summed E-state index contributed by atoms with van der Waals surface area (Å²) in [5.41, 5.74) is 2.11. The van der Waals surface area contributed by atoms with Gasteiger partial charge in [0.15, 0.2) is 0 Å². The summed E-state index contributed by atoms with van der Waals surface area (Å²) in [6.07, 6.45) is 2.78. The molecule has 2 aromatic rings. The average Bonchev–Trinajstić information content (AvgIpc) is 2.69. The SMILES string of the molecule is O=[N+]([O-])c1ccc(COc2ccc3c(c2)OC(CNCCCO)CC3)cc1. The number of hydrogen-bond donors (Lipinski definition) is 2. The standard InChI is InChI=1S/C20H24N2O5/c23-11-1-10-21-13-19-9-5-16-4-8-18(12-20(16)27-19)26-14-15-2-6-17(7-3-15)22(24)25/h2-4,6-8,12,19,21,23H,1,5,9-11,13-14H2. The number of hydrogen-bond acceptors (Lipinski definition) is 6. The van der Waals surface area contributed by atoms with Crippen molar-refractivity contribution in [3.8, 4) is 11.5 Å². The van der Waals surface area contributed by atoms with E-state index >= 15 is 0 Å². The Morgan fingerprint density at radius 3 is 2.81 bits per heavy atom. The molecule has 0 saturated heterocycles. The van der Waals surface area contributed by atoms with E-state index in [0.717, 1.165) is 43.7 Å². The predicted octanol–water partition coefficient (Wildman–Crippen LogP) is 2.84. The number of aliphatic hydroxyl groups excluding tert-OH is 1. The molecule has 7 heteroatoms. The van der Waals surface area contributed by atoms with E-state index in [0.29, 0.717) is 12.4 Å². The molecule has 0 aliphatic carbocycles. The van der Waals surface area contributed by atoms with Crippen molar-refractivity contribution in [2.75, 3.05) is 19.7 Å². The van der Waals surface area contributed by atoms with Crippen molar-refractivity contribution < 1.29 is 19.5 Å². The van der Waals surface area contributed by atoms with E-state index in [4.69, 9.17) is 14.6 Å². The van der Waals surface area contributed by atoms with E-state index in [-0.39, 0.29) is 18.4 Å². The number of fused-ring (bicyclic) bond motifs is 1. The molecule has 0 fully saturated rings. The lowest BCUT2D eigenvalue weighted by molar-refractivity contribution is -0.384. The van der Waals surface area contributed by atoms with Crippen LogP contribution in [-0.2, 0) is 13.0 Å². The molecule has 0 amide bonds. The predicted molar refractivity (Wildman–Crippen MR) is 101 cm³/mol. The van der Waals surface area contributed by atoms with Crippen LogP contribution in [0.5, 0.6) is 11.5 Å². The molecule has 7 nitrogen and oxygen atoms in total. The van der Waals surface area contributed by atoms with Gasteiger partial charge in [0.05, 0.1) is 4.92 Å². The van der Waals surface area contributed by atoms with Crippen molar-refractivity contribution in [3.63, 3.8) is 0 Å². The van der Waals surface area contributed by atoms with Crippen LogP contribution in [0.15, 0.2) is 42.5 Å². The van der Waals surface area contributed by atoms with E-state index < -0.39 is 4.92 Å².